The second kappa shape index (κ2) is 5.71. The fourth-order valence-electron chi connectivity index (χ4n) is 3.35. The number of carboxylic acid groups (broad SMARTS) is 1. The molecule has 0 unspecified atom stereocenters. The van der Waals surface area contributed by atoms with E-state index in [0.29, 0.717) is 6.42 Å². The molecule has 1 aromatic carbocycles. The summed E-state index contributed by atoms with van der Waals surface area (Å²) < 4.78 is 13.8. The second-order valence-corrected chi connectivity index (χ2v) is 6.22. The standard InChI is InChI=1S/C17H22FNO3/c1-4-17(10-18)11-19(14(20)16(17,3)15(21)22)12(2)13-8-6-5-7-9-13/h5-9,12H,4,10-11H2,1-3H3,(H,21,22)/t12-,16+,17+/m1/s1. The Bertz CT molecular complexity index is 571. The number of hydrogen-bond acceptors (Lipinski definition) is 2. The molecular formula is C17H22FNO3. The average molecular weight is 307 g/mol. The molecule has 0 saturated carbocycles. The van der Waals surface area contributed by atoms with Crippen LogP contribution in [0.1, 0.15) is 38.8 Å². The SMILES string of the molecule is CC[C@]1(CF)CN([C@H](C)c2ccccc2)C(=O)[C@@]1(C)C(=O)O. The van der Waals surface area contributed by atoms with Gasteiger partial charge in [0.2, 0.25) is 5.91 Å². The third-order valence-corrected chi connectivity index (χ3v) is 5.33. The smallest absolute Gasteiger partial charge is 0.319 e. The summed E-state index contributed by atoms with van der Waals surface area (Å²) in [5, 5.41) is 9.60. The molecule has 3 atom stereocenters. The van der Waals surface area contributed by atoms with Crippen molar-refractivity contribution in [3.8, 4) is 0 Å². The highest BCUT2D eigenvalue weighted by atomic mass is 19.1. The molecule has 1 aromatic rings. The summed E-state index contributed by atoms with van der Waals surface area (Å²) in [5.74, 6) is -1.75. The Labute approximate surface area is 129 Å². The Morgan fingerprint density at radius 2 is 2.00 bits per heavy atom. The van der Waals surface area contributed by atoms with E-state index < -0.39 is 29.4 Å². The molecule has 2 rings (SSSR count). The molecule has 1 aliphatic heterocycles. The van der Waals surface area contributed by atoms with Gasteiger partial charge in [-0.1, -0.05) is 37.3 Å². The molecule has 0 aliphatic carbocycles. The third kappa shape index (κ3) is 2.11. The van der Waals surface area contributed by atoms with E-state index >= 15 is 0 Å². The van der Waals surface area contributed by atoms with E-state index in [9.17, 15) is 19.1 Å². The van der Waals surface area contributed by atoms with Gasteiger partial charge in [0.1, 0.15) is 0 Å². The van der Waals surface area contributed by atoms with Crippen molar-refractivity contribution in [1.82, 2.24) is 4.90 Å². The predicted molar refractivity (Wildman–Crippen MR) is 81.0 cm³/mol. The largest absolute Gasteiger partial charge is 0.480 e. The Morgan fingerprint density at radius 3 is 2.41 bits per heavy atom. The van der Waals surface area contributed by atoms with Crippen LogP contribution in [0.15, 0.2) is 30.3 Å². The molecule has 0 radical (unpaired) electrons. The molecule has 1 saturated heterocycles. The molecule has 1 heterocycles. The Kier molecular flexibility index (Phi) is 4.27. The summed E-state index contributed by atoms with van der Waals surface area (Å²) in [4.78, 5) is 26.1. The minimum atomic E-state index is -1.72. The number of carboxylic acids is 1. The first-order valence-corrected chi connectivity index (χ1v) is 7.49. The van der Waals surface area contributed by atoms with Crippen molar-refractivity contribution in [3.63, 3.8) is 0 Å². The van der Waals surface area contributed by atoms with Crippen LogP contribution >= 0.6 is 0 Å². The van der Waals surface area contributed by atoms with Crippen LogP contribution < -0.4 is 0 Å². The fraction of sp³-hybridized carbons (Fsp3) is 0.529. The summed E-state index contributed by atoms with van der Waals surface area (Å²) in [6.45, 7) is 4.25. The lowest BCUT2D eigenvalue weighted by molar-refractivity contribution is -0.161. The van der Waals surface area contributed by atoms with Crippen molar-refractivity contribution in [2.24, 2.45) is 10.8 Å². The zero-order valence-corrected chi connectivity index (χ0v) is 13.2. The van der Waals surface area contributed by atoms with Crippen molar-refractivity contribution in [2.75, 3.05) is 13.2 Å². The summed E-state index contributed by atoms with van der Waals surface area (Å²) >= 11 is 0. The molecule has 0 bridgehead atoms. The number of hydrogen-bond donors (Lipinski definition) is 1. The first kappa shape index (κ1) is 16.5. The van der Waals surface area contributed by atoms with Gasteiger partial charge >= 0.3 is 5.97 Å². The number of amides is 1. The number of alkyl halides is 1. The summed E-state index contributed by atoms with van der Waals surface area (Å²) in [6.07, 6.45) is 0.302. The van der Waals surface area contributed by atoms with E-state index in [0.717, 1.165) is 5.56 Å². The molecular weight excluding hydrogens is 285 g/mol. The Balaban J connectivity index is 2.45. The summed E-state index contributed by atoms with van der Waals surface area (Å²) in [7, 11) is 0. The maximum absolute atomic E-state index is 13.8. The number of halogens is 1. The number of carbonyl (C=O) groups is 2. The van der Waals surface area contributed by atoms with Gasteiger partial charge in [0.25, 0.3) is 0 Å². The molecule has 1 aliphatic rings. The van der Waals surface area contributed by atoms with E-state index in [1.165, 1.54) is 11.8 Å². The van der Waals surface area contributed by atoms with Crippen LogP contribution in [0.25, 0.3) is 0 Å². The van der Waals surface area contributed by atoms with Crippen molar-refractivity contribution < 1.29 is 19.1 Å². The molecule has 0 spiro atoms. The Morgan fingerprint density at radius 1 is 1.41 bits per heavy atom. The van der Waals surface area contributed by atoms with Crippen LogP contribution in [0.5, 0.6) is 0 Å². The highest BCUT2D eigenvalue weighted by Crippen LogP contribution is 2.52. The molecule has 1 amide bonds. The van der Waals surface area contributed by atoms with Gasteiger partial charge < -0.3 is 10.0 Å². The first-order valence-electron chi connectivity index (χ1n) is 7.49. The summed E-state index contributed by atoms with van der Waals surface area (Å²) in [5.41, 5.74) is -1.99. The number of nitrogens with zero attached hydrogens (tertiary/aromatic N) is 1. The van der Waals surface area contributed by atoms with Gasteiger partial charge in [-0.25, -0.2) is 0 Å². The Hall–Kier alpha value is -1.91. The average Bonchev–Trinajstić information content (AvgIpc) is 2.78. The van der Waals surface area contributed by atoms with Crippen LogP contribution in [-0.4, -0.2) is 35.1 Å². The van der Waals surface area contributed by atoms with E-state index in [1.54, 1.807) is 6.92 Å². The van der Waals surface area contributed by atoms with E-state index in [-0.39, 0.29) is 12.6 Å². The van der Waals surface area contributed by atoms with Crippen molar-refractivity contribution in [2.45, 2.75) is 33.2 Å². The van der Waals surface area contributed by atoms with Crippen LogP contribution in [0.3, 0.4) is 0 Å². The van der Waals surface area contributed by atoms with Gasteiger partial charge in [-0.05, 0) is 25.8 Å². The molecule has 22 heavy (non-hydrogen) atoms. The predicted octanol–water partition coefficient (Wildman–Crippen LogP) is 3.05. The number of aliphatic carboxylic acids is 1. The van der Waals surface area contributed by atoms with E-state index in [4.69, 9.17) is 0 Å². The molecule has 4 nitrogen and oxygen atoms in total. The van der Waals surface area contributed by atoms with Gasteiger partial charge in [-0.2, -0.15) is 0 Å². The number of benzene rings is 1. The zero-order chi connectivity index (χ0) is 16.5. The highest BCUT2D eigenvalue weighted by molar-refractivity contribution is 6.04. The van der Waals surface area contributed by atoms with E-state index in [2.05, 4.69) is 0 Å². The first-order chi connectivity index (χ1) is 10.3. The second-order valence-electron chi connectivity index (χ2n) is 6.22. The van der Waals surface area contributed by atoms with Crippen molar-refractivity contribution >= 4 is 11.9 Å². The maximum Gasteiger partial charge on any atom is 0.319 e. The highest BCUT2D eigenvalue weighted by Gasteiger charge is 2.65. The maximum atomic E-state index is 13.8. The lowest BCUT2D eigenvalue weighted by atomic mass is 9.65. The minimum absolute atomic E-state index is 0.123. The molecule has 120 valence electrons. The summed E-state index contributed by atoms with van der Waals surface area (Å²) in [6, 6.07) is 9.10. The number of rotatable bonds is 5. The lowest BCUT2D eigenvalue weighted by Gasteiger charge is -2.34. The van der Waals surface area contributed by atoms with Gasteiger partial charge in [0, 0.05) is 12.0 Å². The quantitative estimate of drug-likeness (QED) is 0.851. The topological polar surface area (TPSA) is 57.6 Å². The van der Waals surface area contributed by atoms with Gasteiger partial charge in [-0.15, -0.1) is 0 Å². The van der Waals surface area contributed by atoms with Crippen LogP contribution in [0.2, 0.25) is 0 Å². The monoisotopic (exact) mass is 307 g/mol. The molecule has 5 heteroatoms. The van der Waals surface area contributed by atoms with Crippen molar-refractivity contribution in [1.29, 1.82) is 0 Å². The van der Waals surface area contributed by atoms with Gasteiger partial charge in [-0.3, -0.25) is 14.0 Å². The van der Waals surface area contributed by atoms with Gasteiger partial charge in [0.05, 0.1) is 12.7 Å². The van der Waals surface area contributed by atoms with Crippen LogP contribution in [0, 0.1) is 10.8 Å². The number of carbonyl (C=O) groups excluding carboxylic acids is 1. The normalized spacial score (nSPS) is 29.6. The van der Waals surface area contributed by atoms with Crippen molar-refractivity contribution in [3.05, 3.63) is 35.9 Å². The van der Waals surface area contributed by atoms with Crippen LogP contribution in [0.4, 0.5) is 4.39 Å². The zero-order valence-electron chi connectivity index (χ0n) is 13.2. The number of likely N-dealkylation sites (tertiary alicyclic amines) is 1. The molecule has 0 aromatic heterocycles. The lowest BCUT2D eigenvalue weighted by Crippen LogP contribution is -2.48. The van der Waals surface area contributed by atoms with Gasteiger partial charge in [0.15, 0.2) is 5.41 Å². The van der Waals surface area contributed by atoms with E-state index in [1.807, 2.05) is 37.3 Å². The van der Waals surface area contributed by atoms with Crippen LogP contribution in [-0.2, 0) is 9.59 Å². The third-order valence-electron chi connectivity index (χ3n) is 5.33. The molecule has 1 fully saturated rings. The minimum Gasteiger partial charge on any atom is -0.480 e. The fourth-order valence-corrected chi connectivity index (χ4v) is 3.35. The molecule has 1 N–H and O–H groups in total.